The SMILES string of the molecule is COc1ccc(C(=O)CC2(O)C3CC4CC(C3)CC2C4)cc1. The van der Waals surface area contributed by atoms with Crippen molar-refractivity contribution in [3.8, 4) is 5.75 Å². The van der Waals surface area contributed by atoms with Crippen LogP contribution in [-0.2, 0) is 0 Å². The Hall–Kier alpha value is -1.35. The van der Waals surface area contributed by atoms with E-state index in [-0.39, 0.29) is 12.2 Å². The van der Waals surface area contributed by atoms with E-state index in [9.17, 15) is 9.90 Å². The van der Waals surface area contributed by atoms with Gasteiger partial charge in [-0.3, -0.25) is 4.79 Å². The van der Waals surface area contributed by atoms with Gasteiger partial charge < -0.3 is 9.84 Å². The van der Waals surface area contributed by atoms with Gasteiger partial charge in [-0.25, -0.2) is 0 Å². The lowest BCUT2D eigenvalue weighted by Crippen LogP contribution is -2.58. The number of ketones is 1. The van der Waals surface area contributed by atoms with E-state index in [1.807, 2.05) is 12.1 Å². The Morgan fingerprint density at radius 1 is 1.09 bits per heavy atom. The molecule has 0 amide bonds. The number of carbonyl (C=O) groups is 1. The second-order valence-electron chi connectivity index (χ2n) is 7.62. The smallest absolute Gasteiger partial charge is 0.165 e. The Balaban J connectivity index is 1.53. The zero-order chi connectivity index (χ0) is 15.3. The lowest BCUT2D eigenvalue weighted by Gasteiger charge is -2.58. The number of rotatable bonds is 4. The maximum atomic E-state index is 12.6. The molecule has 0 heterocycles. The van der Waals surface area contributed by atoms with Crippen molar-refractivity contribution in [2.24, 2.45) is 23.7 Å². The van der Waals surface area contributed by atoms with Crippen LogP contribution in [0, 0.1) is 23.7 Å². The van der Waals surface area contributed by atoms with E-state index in [1.54, 1.807) is 19.2 Å². The largest absolute Gasteiger partial charge is 0.497 e. The van der Waals surface area contributed by atoms with Gasteiger partial charge in [0.05, 0.1) is 12.7 Å². The fraction of sp³-hybridized carbons (Fsp3) is 0.632. The Morgan fingerprint density at radius 3 is 2.14 bits per heavy atom. The summed E-state index contributed by atoms with van der Waals surface area (Å²) >= 11 is 0. The highest BCUT2D eigenvalue weighted by Gasteiger charge is 2.56. The lowest BCUT2D eigenvalue weighted by atomic mass is 9.49. The van der Waals surface area contributed by atoms with E-state index in [0.29, 0.717) is 17.4 Å². The van der Waals surface area contributed by atoms with Crippen LogP contribution in [0.2, 0.25) is 0 Å². The van der Waals surface area contributed by atoms with Crippen LogP contribution in [0.25, 0.3) is 0 Å². The Bertz CT molecular complexity index is 547. The summed E-state index contributed by atoms with van der Waals surface area (Å²) in [6.45, 7) is 0. The minimum atomic E-state index is -0.759. The second-order valence-corrected chi connectivity index (χ2v) is 7.62. The van der Waals surface area contributed by atoms with Crippen molar-refractivity contribution >= 4 is 5.78 Å². The molecule has 3 nitrogen and oxygen atoms in total. The lowest BCUT2D eigenvalue weighted by molar-refractivity contribution is -0.170. The van der Waals surface area contributed by atoms with Crippen LogP contribution >= 0.6 is 0 Å². The Labute approximate surface area is 131 Å². The van der Waals surface area contributed by atoms with Gasteiger partial charge in [0.1, 0.15) is 5.75 Å². The molecule has 118 valence electrons. The van der Waals surface area contributed by atoms with Crippen LogP contribution in [0.3, 0.4) is 0 Å². The molecular weight excluding hydrogens is 276 g/mol. The molecule has 1 aromatic carbocycles. The predicted octanol–water partition coefficient (Wildman–Crippen LogP) is 3.46. The molecule has 3 heteroatoms. The molecule has 0 radical (unpaired) electrons. The maximum Gasteiger partial charge on any atom is 0.165 e. The van der Waals surface area contributed by atoms with Crippen LogP contribution in [-0.4, -0.2) is 23.6 Å². The highest BCUT2D eigenvalue weighted by Crippen LogP contribution is 2.59. The average molecular weight is 300 g/mol. The zero-order valence-electron chi connectivity index (χ0n) is 13.1. The van der Waals surface area contributed by atoms with Gasteiger partial charge in [-0.15, -0.1) is 0 Å². The number of aliphatic hydroxyl groups is 1. The van der Waals surface area contributed by atoms with Crippen molar-refractivity contribution in [2.45, 2.75) is 44.1 Å². The summed E-state index contributed by atoms with van der Waals surface area (Å²) in [5.74, 6) is 3.11. The Morgan fingerprint density at radius 2 is 1.64 bits per heavy atom. The van der Waals surface area contributed by atoms with Crippen molar-refractivity contribution in [1.82, 2.24) is 0 Å². The minimum Gasteiger partial charge on any atom is -0.497 e. The predicted molar refractivity (Wildman–Crippen MR) is 83.9 cm³/mol. The normalized spacial score (nSPS) is 39.0. The van der Waals surface area contributed by atoms with Crippen molar-refractivity contribution in [3.63, 3.8) is 0 Å². The van der Waals surface area contributed by atoms with Crippen LogP contribution in [0.15, 0.2) is 24.3 Å². The highest BCUT2D eigenvalue weighted by atomic mass is 16.5. The van der Waals surface area contributed by atoms with Gasteiger partial charge in [-0.05, 0) is 80.0 Å². The molecule has 5 rings (SSSR count). The summed E-state index contributed by atoms with van der Waals surface area (Å²) in [5.41, 5.74) is -0.0761. The number of methoxy groups -OCH3 is 1. The molecule has 0 spiro atoms. The first-order valence-corrected chi connectivity index (χ1v) is 8.48. The molecule has 4 aliphatic carbocycles. The molecule has 4 saturated carbocycles. The molecule has 4 fully saturated rings. The molecule has 22 heavy (non-hydrogen) atoms. The summed E-state index contributed by atoms with van der Waals surface area (Å²) in [5, 5.41) is 11.3. The fourth-order valence-electron chi connectivity index (χ4n) is 5.43. The van der Waals surface area contributed by atoms with Gasteiger partial charge in [-0.1, -0.05) is 0 Å². The highest BCUT2D eigenvalue weighted by molar-refractivity contribution is 5.96. The third-order valence-corrected chi connectivity index (χ3v) is 6.41. The van der Waals surface area contributed by atoms with E-state index >= 15 is 0 Å². The molecule has 1 aromatic rings. The molecule has 4 bridgehead atoms. The summed E-state index contributed by atoms with van der Waals surface area (Å²) in [6, 6.07) is 7.24. The number of benzene rings is 1. The van der Waals surface area contributed by atoms with Crippen molar-refractivity contribution in [3.05, 3.63) is 29.8 Å². The van der Waals surface area contributed by atoms with Gasteiger partial charge in [0.25, 0.3) is 0 Å². The third kappa shape index (κ3) is 2.18. The zero-order valence-corrected chi connectivity index (χ0v) is 13.1. The van der Waals surface area contributed by atoms with Crippen molar-refractivity contribution < 1.29 is 14.6 Å². The molecule has 0 atom stereocenters. The Kier molecular flexibility index (Phi) is 3.30. The number of ether oxygens (including phenoxy) is 1. The third-order valence-electron chi connectivity index (χ3n) is 6.41. The van der Waals surface area contributed by atoms with E-state index in [1.165, 1.54) is 6.42 Å². The molecule has 1 N–H and O–H groups in total. The first kappa shape index (κ1) is 14.3. The molecule has 0 unspecified atom stereocenters. The standard InChI is InChI=1S/C19H24O3/c1-22-17-4-2-14(3-5-17)18(20)11-19(21)15-7-12-6-13(9-15)10-16(19)8-12/h2-5,12-13,15-16,21H,6-11H2,1H3. The summed E-state index contributed by atoms with van der Waals surface area (Å²) in [6.07, 6.45) is 6.14. The monoisotopic (exact) mass is 300 g/mol. The van der Waals surface area contributed by atoms with Gasteiger partial charge in [0, 0.05) is 12.0 Å². The van der Waals surface area contributed by atoms with E-state index < -0.39 is 5.60 Å². The molecule has 0 aromatic heterocycles. The van der Waals surface area contributed by atoms with Crippen LogP contribution in [0.1, 0.15) is 48.9 Å². The van der Waals surface area contributed by atoms with Gasteiger partial charge in [0.2, 0.25) is 0 Å². The van der Waals surface area contributed by atoms with Gasteiger partial charge >= 0.3 is 0 Å². The molecule has 0 aliphatic heterocycles. The summed E-state index contributed by atoms with van der Waals surface area (Å²) < 4.78 is 5.14. The van der Waals surface area contributed by atoms with E-state index in [2.05, 4.69) is 0 Å². The van der Waals surface area contributed by atoms with E-state index in [4.69, 9.17) is 4.74 Å². The number of Topliss-reactive ketones (excluding diaryl/α,β-unsaturated/α-hetero) is 1. The first-order chi connectivity index (χ1) is 10.6. The molecular formula is C19H24O3. The minimum absolute atomic E-state index is 0.0672. The average Bonchev–Trinajstić information content (AvgIpc) is 2.52. The number of carbonyl (C=O) groups excluding carboxylic acids is 1. The second kappa shape index (κ2) is 5.09. The van der Waals surface area contributed by atoms with Crippen molar-refractivity contribution in [2.75, 3.05) is 7.11 Å². The van der Waals surface area contributed by atoms with Crippen molar-refractivity contribution in [1.29, 1.82) is 0 Å². The quantitative estimate of drug-likeness (QED) is 0.866. The molecule has 4 aliphatic rings. The first-order valence-electron chi connectivity index (χ1n) is 8.48. The number of hydrogen-bond acceptors (Lipinski definition) is 3. The fourth-order valence-corrected chi connectivity index (χ4v) is 5.43. The van der Waals surface area contributed by atoms with Crippen LogP contribution < -0.4 is 4.74 Å². The number of hydrogen-bond donors (Lipinski definition) is 1. The van der Waals surface area contributed by atoms with E-state index in [0.717, 1.165) is 43.3 Å². The topological polar surface area (TPSA) is 46.5 Å². The summed E-state index contributed by atoms with van der Waals surface area (Å²) in [4.78, 5) is 12.6. The van der Waals surface area contributed by atoms with Gasteiger partial charge in [-0.2, -0.15) is 0 Å². The summed E-state index contributed by atoms with van der Waals surface area (Å²) in [7, 11) is 1.62. The van der Waals surface area contributed by atoms with Crippen LogP contribution in [0.5, 0.6) is 5.75 Å². The van der Waals surface area contributed by atoms with Crippen LogP contribution in [0.4, 0.5) is 0 Å². The maximum absolute atomic E-state index is 12.6. The molecule has 0 saturated heterocycles. The van der Waals surface area contributed by atoms with Gasteiger partial charge in [0.15, 0.2) is 5.78 Å².